The third-order valence-electron chi connectivity index (χ3n) is 3.03. The number of hydrogen-bond acceptors (Lipinski definition) is 6. The van der Waals surface area contributed by atoms with Crippen molar-refractivity contribution in [3.05, 3.63) is 76.4 Å². The Morgan fingerprint density at radius 2 is 2.00 bits per heavy atom. The predicted molar refractivity (Wildman–Crippen MR) is 86.2 cm³/mol. The van der Waals surface area contributed by atoms with Gasteiger partial charge in [0.1, 0.15) is 13.2 Å². The molecule has 0 aliphatic heterocycles. The summed E-state index contributed by atoms with van der Waals surface area (Å²) in [5.41, 5.74) is 3.14. The molecule has 6 heteroatoms. The van der Waals surface area contributed by atoms with E-state index in [1.807, 2.05) is 30.3 Å². The molecule has 0 aliphatic carbocycles. The van der Waals surface area contributed by atoms with Gasteiger partial charge in [0.25, 0.3) is 0 Å². The summed E-state index contributed by atoms with van der Waals surface area (Å²) in [6.45, 7) is 0.610. The molecule has 2 aromatic heterocycles. The van der Waals surface area contributed by atoms with Gasteiger partial charge in [0.05, 0.1) is 16.0 Å². The second-order valence-electron chi connectivity index (χ2n) is 4.70. The van der Waals surface area contributed by atoms with E-state index in [-0.39, 0.29) is 6.61 Å². The lowest BCUT2D eigenvalue weighted by Crippen LogP contribution is -2.06. The molecule has 0 bridgehead atoms. The Labute approximate surface area is 137 Å². The van der Waals surface area contributed by atoms with Crippen LogP contribution in [0.1, 0.15) is 20.8 Å². The number of hydrogen-bond donors (Lipinski definition) is 0. The standard InChI is InChI=1S/C17H14N2O3S/c20-17(22-11-15-9-18-12-23-15)14-6-7-19-16(8-14)21-10-13-4-2-1-3-5-13/h1-9,12H,10-11H2. The van der Waals surface area contributed by atoms with Crippen molar-refractivity contribution in [2.45, 2.75) is 13.2 Å². The van der Waals surface area contributed by atoms with Crippen LogP contribution in [0.3, 0.4) is 0 Å². The van der Waals surface area contributed by atoms with Crippen LogP contribution in [0.5, 0.6) is 5.88 Å². The summed E-state index contributed by atoms with van der Waals surface area (Å²) < 4.78 is 10.8. The fourth-order valence-electron chi connectivity index (χ4n) is 1.88. The van der Waals surface area contributed by atoms with Gasteiger partial charge in [-0.05, 0) is 11.6 Å². The molecule has 5 nitrogen and oxygen atoms in total. The van der Waals surface area contributed by atoms with Crippen LogP contribution in [0.15, 0.2) is 60.4 Å². The molecule has 0 aliphatic rings. The smallest absolute Gasteiger partial charge is 0.338 e. The third kappa shape index (κ3) is 4.37. The highest BCUT2D eigenvalue weighted by Crippen LogP contribution is 2.14. The number of benzene rings is 1. The van der Waals surface area contributed by atoms with Crippen LogP contribution in [0.25, 0.3) is 0 Å². The van der Waals surface area contributed by atoms with Crippen molar-refractivity contribution in [3.8, 4) is 5.88 Å². The van der Waals surface area contributed by atoms with Gasteiger partial charge >= 0.3 is 5.97 Å². The van der Waals surface area contributed by atoms with Gasteiger partial charge in [0.2, 0.25) is 5.88 Å². The minimum atomic E-state index is -0.412. The van der Waals surface area contributed by atoms with E-state index in [1.54, 1.807) is 23.8 Å². The summed E-state index contributed by atoms with van der Waals surface area (Å²) in [6.07, 6.45) is 3.21. The summed E-state index contributed by atoms with van der Waals surface area (Å²) in [5.74, 6) is -0.0218. The van der Waals surface area contributed by atoms with Crippen LogP contribution in [-0.4, -0.2) is 15.9 Å². The molecule has 0 amide bonds. The zero-order chi connectivity index (χ0) is 15.9. The number of ether oxygens (including phenoxy) is 2. The van der Waals surface area contributed by atoms with E-state index in [2.05, 4.69) is 9.97 Å². The monoisotopic (exact) mass is 326 g/mol. The van der Waals surface area contributed by atoms with Crippen molar-refractivity contribution < 1.29 is 14.3 Å². The first-order valence-electron chi connectivity index (χ1n) is 6.98. The first kappa shape index (κ1) is 15.2. The lowest BCUT2D eigenvalue weighted by atomic mass is 10.2. The predicted octanol–water partition coefficient (Wildman–Crippen LogP) is 3.47. The van der Waals surface area contributed by atoms with Gasteiger partial charge in [-0.15, -0.1) is 11.3 Å². The molecule has 0 saturated carbocycles. The van der Waals surface area contributed by atoms with E-state index in [0.29, 0.717) is 18.1 Å². The number of rotatable bonds is 6. The molecule has 23 heavy (non-hydrogen) atoms. The minimum absolute atomic E-state index is 0.214. The van der Waals surface area contributed by atoms with Crippen LogP contribution < -0.4 is 4.74 Å². The molecule has 2 heterocycles. The first-order chi connectivity index (χ1) is 11.3. The van der Waals surface area contributed by atoms with Gasteiger partial charge < -0.3 is 9.47 Å². The van der Waals surface area contributed by atoms with Crippen molar-refractivity contribution in [1.29, 1.82) is 0 Å². The zero-order valence-electron chi connectivity index (χ0n) is 12.2. The second kappa shape index (κ2) is 7.51. The maximum absolute atomic E-state index is 12.0. The van der Waals surface area contributed by atoms with Crippen molar-refractivity contribution in [3.63, 3.8) is 0 Å². The van der Waals surface area contributed by atoms with Crippen molar-refractivity contribution in [1.82, 2.24) is 9.97 Å². The Bertz CT molecular complexity index is 761. The van der Waals surface area contributed by atoms with Crippen LogP contribution in [0, 0.1) is 0 Å². The van der Waals surface area contributed by atoms with Crippen molar-refractivity contribution >= 4 is 17.3 Å². The highest BCUT2D eigenvalue weighted by molar-refractivity contribution is 7.09. The quantitative estimate of drug-likeness (QED) is 0.649. The van der Waals surface area contributed by atoms with Crippen molar-refractivity contribution in [2.75, 3.05) is 0 Å². The lowest BCUT2D eigenvalue weighted by molar-refractivity contribution is 0.0476. The fourth-order valence-corrected chi connectivity index (χ4v) is 2.39. The molecule has 0 atom stereocenters. The molecule has 0 saturated heterocycles. The van der Waals surface area contributed by atoms with Gasteiger partial charge in [-0.1, -0.05) is 30.3 Å². The normalized spacial score (nSPS) is 10.3. The summed E-state index contributed by atoms with van der Waals surface area (Å²) in [7, 11) is 0. The fraction of sp³-hybridized carbons (Fsp3) is 0.118. The van der Waals surface area contributed by atoms with Crippen LogP contribution >= 0.6 is 11.3 Å². The summed E-state index contributed by atoms with van der Waals surface area (Å²) in [5, 5.41) is 0. The van der Waals surface area contributed by atoms with Gasteiger partial charge in [-0.3, -0.25) is 4.98 Å². The first-order valence-corrected chi connectivity index (χ1v) is 7.86. The average molecular weight is 326 g/mol. The number of carbonyl (C=O) groups is 1. The number of thiazole rings is 1. The Morgan fingerprint density at radius 1 is 1.13 bits per heavy atom. The molecule has 3 rings (SSSR count). The Morgan fingerprint density at radius 3 is 2.78 bits per heavy atom. The molecule has 0 fully saturated rings. The van der Waals surface area contributed by atoms with Gasteiger partial charge in [-0.2, -0.15) is 0 Å². The van der Waals surface area contributed by atoms with Crippen molar-refractivity contribution in [2.24, 2.45) is 0 Å². The maximum Gasteiger partial charge on any atom is 0.338 e. The van der Waals surface area contributed by atoms with E-state index >= 15 is 0 Å². The third-order valence-corrected chi connectivity index (χ3v) is 3.78. The van der Waals surface area contributed by atoms with E-state index in [9.17, 15) is 4.79 Å². The van der Waals surface area contributed by atoms with Gasteiger partial charge in [0, 0.05) is 18.5 Å². The zero-order valence-corrected chi connectivity index (χ0v) is 13.0. The Hall–Kier alpha value is -2.73. The number of carbonyl (C=O) groups excluding carboxylic acids is 1. The number of pyridine rings is 1. The van der Waals surface area contributed by atoms with E-state index in [1.165, 1.54) is 17.5 Å². The molecular weight excluding hydrogens is 312 g/mol. The molecule has 0 N–H and O–H groups in total. The van der Waals surface area contributed by atoms with Gasteiger partial charge in [-0.25, -0.2) is 9.78 Å². The molecule has 1 aromatic carbocycles. The highest BCUT2D eigenvalue weighted by Gasteiger charge is 2.10. The maximum atomic E-state index is 12.0. The number of aromatic nitrogens is 2. The second-order valence-corrected chi connectivity index (χ2v) is 5.67. The lowest BCUT2D eigenvalue weighted by Gasteiger charge is -2.07. The molecule has 116 valence electrons. The number of nitrogens with zero attached hydrogens (tertiary/aromatic N) is 2. The molecule has 0 radical (unpaired) electrons. The summed E-state index contributed by atoms with van der Waals surface area (Å²) in [4.78, 5) is 21.0. The number of esters is 1. The van der Waals surface area contributed by atoms with Crippen LogP contribution in [-0.2, 0) is 18.0 Å². The Kier molecular flexibility index (Phi) is 4.95. The molecular formula is C17H14N2O3S. The largest absolute Gasteiger partial charge is 0.473 e. The SMILES string of the molecule is O=C(OCc1cncs1)c1ccnc(OCc2ccccc2)c1. The summed E-state index contributed by atoms with van der Waals surface area (Å²) in [6, 6.07) is 12.9. The minimum Gasteiger partial charge on any atom is -0.473 e. The van der Waals surface area contributed by atoms with Crippen LogP contribution in [0.4, 0.5) is 0 Å². The Balaban J connectivity index is 1.59. The summed E-state index contributed by atoms with van der Waals surface area (Å²) >= 11 is 1.44. The highest BCUT2D eigenvalue weighted by atomic mass is 32.1. The van der Waals surface area contributed by atoms with E-state index < -0.39 is 5.97 Å². The molecule has 0 spiro atoms. The average Bonchev–Trinajstić information content (AvgIpc) is 3.12. The molecule has 0 unspecified atom stereocenters. The van der Waals surface area contributed by atoms with E-state index in [4.69, 9.17) is 9.47 Å². The molecule has 3 aromatic rings. The van der Waals surface area contributed by atoms with Gasteiger partial charge in [0.15, 0.2) is 0 Å². The van der Waals surface area contributed by atoms with E-state index in [0.717, 1.165) is 10.4 Å². The topological polar surface area (TPSA) is 61.3 Å². The van der Waals surface area contributed by atoms with Crippen LogP contribution in [0.2, 0.25) is 0 Å².